The fourth-order valence-electron chi connectivity index (χ4n) is 1.64. The van der Waals surface area contributed by atoms with Gasteiger partial charge < -0.3 is 4.57 Å². The number of sulfonamides is 1. The summed E-state index contributed by atoms with van der Waals surface area (Å²) in [7, 11) is -0.232. The molecule has 0 atom stereocenters. The molecule has 2 rings (SSSR count). The van der Waals surface area contributed by atoms with Gasteiger partial charge in [-0.3, -0.25) is 0 Å². The van der Waals surface area contributed by atoms with Crippen LogP contribution in [-0.4, -0.2) is 25.0 Å². The molecule has 0 aliphatic heterocycles. The minimum absolute atomic E-state index is 0.0572. The molecule has 0 saturated carbocycles. The third kappa shape index (κ3) is 1.60. The lowest BCUT2D eigenvalue weighted by atomic mass is 10.2. The standard InChI is InChI=1S/C10H13N3O2S/c1-7-8-4-5-13(3)9(8)6-10(12-7)16(14,15)11-2/h4-6,11H,1-3H3. The van der Waals surface area contributed by atoms with Crippen molar-refractivity contribution in [1.82, 2.24) is 14.3 Å². The minimum Gasteiger partial charge on any atom is -0.350 e. The molecule has 0 aliphatic carbocycles. The summed E-state index contributed by atoms with van der Waals surface area (Å²) in [4.78, 5) is 4.09. The molecule has 0 spiro atoms. The van der Waals surface area contributed by atoms with E-state index in [1.165, 1.54) is 7.05 Å². The zero-order valence-corrected chi connectivity index (χ0v) is 10.2. The average molecular weight is 239 g/mol. The molecule has 6 heteroatoms. The van der Waals surface area contributed by atoms with Gasteiger partial charge in [0.1, 0.15) is 0 Å². The molecule has 16 heavy (non-hydrogen) atoms. The van der Waals surface area contributed by atoms with Gasteiger partial charge in [-0.15, -0.1) is 0 Å². The van der Waals surface area contributed by atoms with Crippen molar-refractivity contribution in [2.75, 3.05) is 7.05 Å². The van der Waals surface area contributed by atoms with E-state index in [1.54, 1.807) is 13.0 Å². The van der Waals surface area contributed by atoms with Gasteiger partial charge in [0, 0.05) is 30.4 Å². The third-order valence-electron chi connectivity index (χ3n) is 2.59. The van der Waals surface area contributed by atoms with Gasteiger partial charge in [0.15, 0.2) is 5.03 Å². The van der Waals surface area contributed by atoms with Crippen molar-refractivity contribution in [2.24, 2.45) is 7.05 Å². The van der Waals surface area contributed by atoms with Crippen LogP contribution in [0.15, 0.2) is 23.4 Å². The van der Waals surface area contributed by atoms with Crippen LogP contribution >= 0.6 is 0 Å². The molecule has 0 radical (unpaired) electrons. The van der Waals surface area contributed by atoms with Crippen molar-refractivity contribution in [3.8, 4) is 0 Å². The minimum atomic E-state index is -3.48. The Morgan fingerprint density at radius 3 is 2.75 bits per heavy atom. The van der Waals surface area contributed by atoms with E-state index in [1.807, 2.05) is 23.9 Å². The molecule has 0 amide bonds. The number of nitrogens with one attached hydrogen (secondary N) is 1. The molecule has 0 aliphatic rings. The molecule has 0 unspecified atom stereocenters. The van der Waals surface area contributed by atoms with Crippen LogP contribution in [0.1, 0.15) is 5.69 Å². The summed E-state index contributed by atoms with van der Waals surface area (Å²) >= 11 is 0. The highest BCUT2D eigenvalue weighted by Gasteiger charge is 2.16. The number of fused-ring (bicyclic) bond motifs is 1. The first-order chi connectivity index (χ1) is 7.45. The van der Waals surface area contributed by atoms with Crippen LogP contribution in [0.3, 0.4) is 0 Å². The number of aromatic nitrogens is 2. The number of rotatable bonds is 2. The molecule has 0 bridgehead atoms. The van der Waals surface area contributed by atoms with Gasteiger partial charge in [0.05, 0.1) is 5.52 Å². The molecule has 0 aromatic carbocycles. The van der Waals surface area contributed by atoms with Crippen molar-refractivity contribution in [1.29, 1.82) is 0 Å². The Kier molecular flexibility index (Phi) is 2.47. The average Bonchev–Trinajstić information content (AvgIpc) is 2.61. The molecule has 2 aromatic rings. The molecular formula is C10H13N3O2S. The topological polar surface area (TPSA) is 64.0 Å². The van der Waals surface area contributed by atoms with E-state index in [-0.39, 0.29) is 5.03 Å². The SMILES string of the molecule is CNS(=O)(=O)c1cc2c(ccn2C)c(C)n1. The Balaban J connectivity index is 2.80. The highest BCUT2D eigenvalue weighted by molar-refractivity contribution is 7.89. The monoisotopic (exact) mass is 239 g/mol. The molecule has 2 aromatic heterocycles. The van der Waals surface area contributed by atoms with E-state index in [0.717, 1.165) is 10.9 Å². The van der Waals surface area contributed by atoms with E-state index in [4.69, 9.17) is 0 Å². The van der Waals surface area contributed by atoms with Crippen LogP contribution < -0.4 is 4.72 Å². The smallest absolute Gasteiger partial charge is 0.257 e. The third-order valence-corrected chi connectivity index (χ3v) is 3.89. The number of hydrogen-bond acceptors (Lipinski definition) is 3. The first-order valence-electron chi connectivity index (χ1n) is 4.82. The maximum atomic E-state index is 11.6. The van der Waals surface area contributed by atoms with Gasteiger partial charge in [-0.05, 0) is 20.0 Å². The lowest BCUT2D eigenvalue weighted by Gasteiger charge is -2.05. The normalized spacial score (nSPS) is 12.2. The molecule has 0 fully saturated rings. The zero-order chi connectivity index (χ0) is 11.9. The molecular weight excluding hydrogens is 226 g/mol. The van der Waals surface area contributed by atoms with Crippen LogP contribution in [-0.2, 0) is 17.1 Å². The van der Waals surface area contributed by atoms with Crippen molar-refractivity contribution in [3.05, 3.63) is 24.0 Å². The molecule has 5 nitrogen and oxygen atoms in total. The van der Waals surface area contributed by atoms with Crippen molar-refractivity contribution >= 4 is 20.9 Å². The van der Waals surface area contributed by atoms with E-state index in [9.17, 15) is 8.42 Å². The van der Waals surface area contributed by atoms with Crippen LogP contribution in [0.2, 0.25) is 0 Å². The van der Waals surface area contributed by atoms with Crippen molar-refractivity contribution in [3.63, 3.8) is 0 Å². The van der Waals surface area contributed by atoms with Gasteiger partial charge in [-0.25, -0.2) is 18.1 Å². The highest BCUT2D eigenvalue weighted by Crippen LogP contribution is 2.20. The Hall–Kier alpha value is -1.40. The Bertz CT molecular complexity index is 643. The molecule has 86 valence electrons. The maximum Gasteiger partial charge on any atom is 0.257 e. The van der Waals surface area contributed by atoms with E-state index in [0.29, 0.717) is 5.69 Å². The second kappa shape index (κ2) is 3.57. The van der Waals surface area contributed by atoms with E-state index >= 15 is 0 Å². The van der Waals surface area contributed by atoms with Crippen LogP contribution in [0.5, 0.6) is 0 Å². The predicted molar refractivity (Wildman–Crippen MR) is 61.7 cm³/mol. The fourth-order valence-corrected chi connectivity index (χ4v) is 2.38. The van der Waals surface area contributed by atoms with Gasteiger partial charge in [0.25, 0.3) is 10.0 Å². The summed E-state index contributed by atoms with van der Waals surface area (Å²) in [6.45, 7) is 1.80. The zero-order valence-electron chi connectivity index (χ0n) is 9.35. The second-order valence-corrected chi connectivity index (χ2v) is 5.45. The van der Waals surface area contributed by atoms with Gasteiger partial charge in [-0.2, -0.15) is 0 Å². The predicted octanol–water partition coefficient (Wildman–Crippen LogP) is 0.790. The van der Waals surface area contributed by atoms with Gasteiger partial charge in [-0.1, -0.05) is 0 Å². The summed E-state index contributed by atoms with van der Waals surface area (Å²) in [6, 6.07) is 3.50. The molecule has 1 N–H and O–H groups in total. The van der Waals surface area contributed by atoms with Crippen LogP contribution in [0, 0.1) is 6.92 Å². The summed E-state index contributed by atoms with van der Waals surface area (Å²) in [5, 5.41) is 1.03. The van der Waals surface area contributed by atoms with Crippen LogP contribution in [0.4, 0.5) is 0 Å². The molecule has 0 saturated heterocycles. The van der Waals surface area contributed by atoms with Gasteiger partial charge >= 0.3 is 0 Å². The number of nitrogens with zero attached hydrogens (tertiary/aromatic N) is 2. The van der Waals surface area contributed by atoms with Crippen LogP contribution in [0.25, 0.3) is 10.9 Å². The largest absolute Gasteiger partial charge is 0.350 e. The number of aryl methyl sites for hydroxylation is 2. The Morgan fingerprint density at radius 2 is 2.12 bits per heavy atom. The fraction of sp³-hybridized carbons (Fsp3) is 0.300. The summed E-state index contributed by atoms with van der Waals surface area (Å²) in [5.74, 6) is 0. The Morgan fingerprint density at radius 1 is 1.44 bits per heavy atom. The second-order valence-electron chi connectivity index (χ2n) is 3.61. The quantitative estimate of drug-likeness (QED) is 0.842. The van der Waals surface area contributed by atoms with E-state index < -0.39 is 10.0 Å². The number of pyridine rings is 1. The van der Waals surface area contributed by atoms with Crippen molar-refractivity contribution < 1.29 is 8.42 Å². The lowest BCUT2D eigenvalue weighted by Crippen LogP contribution is -2.20. The maximum absolute atomic E-state index is 11.6. The first-order valence-corrected chi connectivity index (χ1v) is 6.30. The van der Waals surface area contributed by atoms with E-state index in [2.05, 4.69) is 9.71 Å². The highest BCUT2D eigenvalue weighted by atomic mass is 32.2. The summed E-state index contributed by atoms with van der Waals surface area (Å²) in [5.41, 5.74) is 1.58. The number of hydrogen-bond donors (Lipinski definition) is 1. The first kappa shape index (κ1) is 11.1. The summed E-state index contributed by atoms with van der Waals surface area (Å²) in [6.07, 6.45) is 1.88. The lowest BCUT2D eigenvalue weighted by molar-refractivity contribution is 0.584. The van der Waals surface area contributed by atoms with Gasteiger partial charge in [0.2, 0.25) is 0 Å². The summed E-state index contributed by atoms with van der Waals surface area (Å²) < 4.78 is 27.4. The van der Waals surface area contributed by atoms with Crippen molar-refractivity contribution in [2.45, 2.75) is 11.9 Å². The Labute approximate surface area is 94.2 Å². The molecule has 2 heterocycles.